The molecule has 4 nitrogen and oxygen atoms in total. The van der Waals surface area contributed by atoms with E-state index >= 15 is 0 Å². The number of carbonyl (C=O) groups is 1. The number of rotatable bonds is 2. The van der Waals surface area contributed by atoms with E-state index in [0.717, 1.165) is 12.1 Å². The number of hydrogen-bond donors (Lipinski definition) is 1. The van der Waals surface area contributed by atoms with Crippen molar-refractivity contribution in [2.75, 3.05) is 13.1 Å². The highest BCUT2D eigenvalue weighted by Crippen LogP contribution is 2.45. The number of likely N-dealkylation sites (tertiary alicyclic amines) is 1. The lowest BCUT2D eigenvalue weighted by atomic mass is 9.73. The van der Waals surface area contributed by atoms with E-state index < -0.39 is 23.5 Å². The minimum atomic E-state index is -1.55. The summed E-state index contributed by atoms with van der Waals surface area (Å²) in [4.78, 5) is 12.0. The molecule has 1 atom stereocenters. The van der Waals surface area contributed by atoms with E-state index in [4.69, 9.17) is 5.11 Å². The number of halogens is 2. The van der Waals surface area contributed by atoms with Crippen molar-refractivity contribution in [3.8, 4) is 6.07 Å². The van der Waals surface area contributed by atoms with Crippen molar-refractivity contribution in [3.05, 3.63) is 35.6 Å². The number of nitriles is 1. The quantitative estimate of drug-likeness (QED) is 0.905. The molecule has 0 radical (unpaired) electrons. The molecule has 6 heteroatoms. The highest BCUT2D eigenvalue weighted by Gasteiger charge is 2.44. The first kappa shape index (κ1) is 14.3. The van der Waals surface area contributed by atoms with Gasteiger partial charge in [0, 0.05) is 13.1 Å². The summed E-state index contributed by atoms with van der Waals surface area (Å²) in [6.07, 6.45) is -2.35. The SMILES string of the molecule is N#CC1(C(F)c2ccc(F)cc2)CCN(C(=O)O)CC1. The third-order valence-corrected chi connectivity index (χ3v) is 3.80. The molecule has 2 rings (SSSR count). The van der Waals surface area contributed by atoms with Crippen molar-refractivity contribution >= 4 is 6.09 Å². The van der Waals surface area contributed by atoms with Gasteiger partial charge in [-0.2, -0.15) is 5.26 Å². The maximum absolute atomic E-state index is 14.6. The van der Waals surface area contributed by atoms with Gasteiger partial charge in [-0.05, 0) is 30.5 Å². The lowest BCUT2D eigenvalue weighted by molar-refractivity contribution is 0.0655. The maximum atomic E-state index is 14.6. The Labute approximate surface area is 115 Å². The molecule has 0 saturated carbocycles. The van der Waals surface area contributed by atoms with Crippen LogP contribution in [0.15, 0.2) is 24.3 Å². The van der Waals surface area contributed by atoms with Gasteiger partial charge in [0.2, 0.25) is 0 Å². The smallest absolute Gasteiger partial charge is 0.407 e. The minimum Gasteiger partial charge on any atom is -0.465 e. The molecule has 0 aromatic heterocycles. The van der Waals surface area contributed by atoms with Gasteiger partial charge in [-0.15, -0.1) is 0 Å². The molecule has 1 aromatic rings. The largest absolute Gasteiger partial charge is 0.465 e. The van der Waals surface area contributed by atoms with Crippen LogP contribution in [0.4, 0.5) is 13.6 Å². The Kier molecular flexibility index (Phi) is 3.89. The second kappa shape index (κ2) is 5.45. The molecule has 1 aromatic carbocycles. The first-order chi connectivity index (χ1) is 9.48. The zero-order chi connectivity index (χ0) is 14.8. The van der Waals surface area contributed by atoms with Crippen molar-refractivity contribution < 1.29 is 18.7 Å². The Bertz CT molecular complexity index is 531. The normalized spacial score (nSPS) is 19.1. The first-order valence-corrected chi connectivity index (χ1v) is 6.27. The number of alkyl halides is 1. The van der Waals surface area contributed by atoms with E-state index in [1.807, 2.05) is 6.07 Å². The van der Waals surface area contributed by atoms with E-state index in [9.17, 15) is 18.8 Å². The van der Waals surface area contributed by atoms with Crippen LogP contribution in [0, 0.1) is 22.6 Å². The van der Waals surface area contributed by atoms with E-state index in [0.29, 0.717) is 0 Å². The van der Waals surface area contributed by atoms with Gasteiger partial charge < -0.3 is 10.0 Å². The van der Waals surface area contributed by atoms with Crippen LogP contribution in [-0.4, -0.2) is 29.2 Å². The topological polar surface area (TPSA) is 64.3 Å². The second-order valence-electron chi connectivity index (χ2n) is 4.95. The van der Waals surface area contributed by atoms with Crippen LogP contribution in [0.1, 0.15) is 24.6 Å². The third-order valence-electron chi connectivity index (χ3n) is 3.80. The molecule has 1 amide bonds. The average molecular weight is 280 g/mol. The number of amides is 1. The number of hydrogen-bond acceptors (Lipinski definition) is 2. The van der Waals surface area contributed by atoms with Gasteiger partial charge in [0.15, 0.2) is 0 Å². The standard InChI is InChI=1S/C14H14F2N2O2/c15-11-3-1-10(2-4-11)12(16)14(9-17)5-7-18(8-6-14)13(19)20/h1-4,12H,5-8H2,(H,19,20). The summed E-state index contributed by atoms with van der Waals surface area (Å²) in [6, 6.07) is 6.95. The van der Waals surface area contributed by atoms with Crippen LogP contribution in [0.5, 0.6) is 0 Å². The van der Waals surface area contributed by atoms with Crippen molar-refractivity contribution in [1.29, 1.82) is 5.26 Å². The molecule has 0 bridgehead atoms. The Balaban J connectivity index is 2.18. The lowest BCUT2D eigenvalue weighted by Gasteiger charge is -2.38. The van der Waals surface area contributed by atoms with Crippen molar-refractivity contribution in [2.45, 2.75) is 19.0 Å². The van der Waals surface area contributed by atoms with Crippen LogP contribution >= 0.6 is 0 Å². The molecule has 1 N–H and O–H groups in total. The third kappa shape index (κ3) is 2.57. The fourth-order valence-electron chi connectivity index (χ4n) is 2.47. The predicted octanol–water partition coefficient (Wildman–Crippen LogP) is 3.12. The minimum absolute atomic E-state index is 0.129. The molecule has 1 saturated heterocycles. The molecule has 1 aliphatic heterocycles. The number of benzene rings is 1. The molecule has 1 unspecified atom stereocenters. The van der Waals surface area contributed by atoms with Crippen LogP contribution in [0.25, 0.3) is 0 Å². The number of carboxylic acid groups (broad SMARTS) is 1. The molecule has 20 heavy (non-hydrogen) atoms. The fourth-order valence-corrected chi connectivity index (χ4v) is 2.47. The van der Waals surface area contributed by atoms with Crippen LogP contribution < -0.4 is 0 Å². The molecule has 0 spiro atoms. The predicted molar refractivity (Wildman–Crippen MR) is 67.1 cm³/mol. The highest BCUT2D eigenvalue weighted by atomic mass is 19.1. The van der Waals surface area contributed by atoms with Crippen molar-refractivity contribution in [2.24, 2.45) is 5.41 Å². The van der Waals surface area contributed by atoms with Crippen molar-refractivity contribution in [1.82, 2.24) is 4.90 Å². The van der Waals surface area contributed by atoms with E-state index in [2.05, 4.69) is 0 Å². The van der Waals surface area contributed by atoms with E-state index in [-0.39, 0.29) is 31.5 Å². The monoisotopic (exact) mass is 280 g/mol. The van der Waals surface area contributed by atoms with Gasteiger partial charge in [-0.25, -0.2) is 13.6 Å². The maximum Gasteiger partial charge on any atom is 0.407 e. The summed E-state index contributed by atoms with van der Waals surface area (Å²) < 4.78 is 27.5. The summed E-state index contributed by atoms with van der Waals surface area (Å²) in [5.74, 6) is -0.465. The van der Waals surface area contributed by atoms with E-state index in [1.54, 1.807) is 0 Å². The molecular weight excluding hydrogens is 266 g/mol. The van der Waals surface area contributed by atoms with Gasteiger partial charge in [0.05, 0.1) is 11.5 Å². The lowest BCUT2D eigenvalue weighted by Crippen LogP contribution is -2.43. The number of piperidine rings is 1. The molecule has 0 aliphatic carbocycles. The summed E-state index contributed by atoms with van der Waals surface area (Å²) in [6.45, 7) is 0.259. The van der Waals surface area contributed by atoms with Crippen LogP contribution in [0.3, 0.4) is 0 Å². The van der Waals surface area contributed by atoms with Gasteiger partial charge in [0.1, 0.15) is 12.0 Å². The molecule has 1 fully saturated rings. The average Bonchev–Trinajstić information content (AvgIpc) is 2.47. The molecule has 1 aliphatic rings. The van der Waals surface area contributed by atoms with Gasteiger partial charge in [0.25, 0.3) is 0 Å². The Morgan fingerprint density at radius 2 is 1.90 bits per heavy atom. The Morgan fingerprint density at radius 3 is 2.35 bits per heavy atom. The summed E-state index contributed by atoms with van der Waals surface area (Å²) in [5.41, 5.74) is -0.999. The second-order valence-corrected chi connectivity index (χ2v) is 4.95. The Hall–Kier alpha value is -2.16. The molecular formula is C14H14F2N2O2. The summed E-state index contributed by atoms with van der Waals surface area (Å²) >= 11 is 0. The van der Waals surface area contributed by atoms with Crippen LogP contribution in [-0.2, 0) is 0 Å². The van der Waals surface area contributed by atoms with Crippen LogP contribution in [0.2, 0.25) is 0 Å². The molecule has 1 heterocycles. The van der Waals surface area contributed by atoms with Gasteiger partial charge in [-0.3, -0.25) is 0 Å². The zero-order valence-corrected chi connectivity index (χ0v) is 10.7. The van der Waals surface area contributed by atoms with E-state index in [1.165, 1.54) is 17.0 Å². The Morgan fingerprint density at radius 1 is 1.35 bits per heavy atom. The summed E-state index contributed by atoms with van der Waals surface area (Å²) in [7, 11) is 0. The fraction of sp³-hybridized carbons (Fsp3) is 0.429. The van der Waals surface area contributed by atoms with Crippen molar-refractivity contribution in [3.63, 3.8) is 0 Å². The van der Waals surface area contributed by atoms with Gasteiger partial charge in [-0.1, -0.05) is 12.1 Å². The zero-order valence-electron chi connectivity index (χ0n) is 10.7. The molecule has 106 valence electrons. The first-order valence-electron chi connectivity index (χ1n) is 6.27. The number of nitrogens with zero attached hydrogens (tertiary/aromatic N) is 2. The summed E-state index contributed by atoms with van der Waals surface area (Å²) in [5, 5.41) is 18.2. The highest BCUT2D eigenvalue weighted by molar-refractivity contribution is 5.65. The van der Waals surface area contributed by atoms with Gasteiger partial charge >= 0.3 is 6.09 Å².